The third-order valence-corrected chi connectivity index (χ3v) is 6.63. The summed E-state index contributed by atoms with van der Waals surface area (Å²) in [5.41, 5.74) is 0.325. The maximum atomic E-state index is 13.2. The van der Waals surface area contributed by atoms with Crippen LogP contribution in [-0.2, 0) is 0 Å². The van der Waals surface area contributed by atoms with Crippen LogP contribution in [0.5, 0.6) is 17.2 Å². The molecule has 2 aliphatic heterocycles. The summed E-state index contributed by atoms with van der Waals surface area (Å²) in [6.07, 6.45) is 1.34. The van der Waals surface area contributed by atoms with Gasteiger partial charge in [-0.05, 0) is 42.5 Å². The van der Waals surface area contributed by atoms with Crippen molar-refractivity contribution in [2.75, 3.05) is 13.1 Å². The number of carbonyl (C=O) groups is 2. The lowest BCUT2D eigenvalue weighted by atomic mass is 9.82. The van der Waals surface area contributed by atoms with Crippen LogP contribution in [0.1, 0.15) is 40.0 Å². The van der Waals surface area contributed by atoms with Gasteiger partial charge in [-0.15, -0.1) is 0 Å². The van der Waals surface area contributed by atoms with E-state index in [1.54, 1.807) is 29.2 Å². The van der Waals surface area contributed by atoms with Crippen molar-refractivity contribution < 1.29 is 19.1 Å². The zero-order valence-electron chi connectivity index (χ0n) is 17.7. The molecule has 0 saturated carbocycles. The Morgan fingerprint density at radius 2 is 1.67 bits per heavy atom. The number of benzene rings is 3. The van der Waals surface area contributed by atoms with Gasteiger partial charge in [-0.25, -0.2) is 0 Å². The van der Waals surface area contributed by atoms with Crippen LogP contribution >= 0.6 is 23.2 Å². The normalized spacial score (nSPS) is 16.8. The van der Waals surface area contributed by atoms with Crippen LogP contribution in [0, 0.1) is 0 Å². The van der Waals surface area contributed by atoms with Crippen molar-refractivity contribution in [1.82, 2.24) is 4.90 Å². The molecular formula is C26H21Cl2NO4. The fraction of sp³-hybridized carbons (Fsp3) is 0.231. The molecule has 0 aliphatic carbocycles. The second kappa shape index (κ2) is 8.73. The van der Waals surface area contributed by atoms with E-state index in [1.807, 2.05) is 42.5 Å². The molecule has 1 fully saturated rings. The quantitative estimate of drug-likeness (QED) is 0.432. The molecule has 1 amide bonds. The lowest BCUT2D eigenvalue weighted by Gasteiger charge is -2.44. The molecule has 0 bridgehead atoms. The summed E-state index contributed by atoms with van der Waals surface area (Å²) < 4.78 is 12.1. The summed E-state index contributed by atoms with van der Waals surface area (Å²) in [4.78, 5) is 27.7. The minimum atomic E-state index is -0.656. The summed E-state index contributed by atoms with van der Waals surface area (Å²) >= 11 is 12.4. The highest BCUT2D eigenvalue weighted by Gasteiger charge is 2.44. The van der Waals surface area contributed by atoms with Crippen molar-refractivity contribution in [3.8, 4) is 17.2 Å². The Bertz CT molecular complexity index is 1220. The molecule has 0 aromatic heterocycles. The van der Waals surface area contributed by atoms with Gasteiger partial charge in [-0.3, -0.25) is 9.59 Å². The molecule has 33 heavy (non-hydrogen) atoms. The van der Waals surface area contributed by atoms with Gasteiger partial charge in [0, 0.05) is 36.5 Å². The maximum Gasteiger partial charge on any atom is 0.253 e. The van der Waals surface area contributed by atoms with Crippen LogP contribution < -0.4 is 9.47 Å². The van der Waals surface area contributed by atoms with Crippen LogP contribution in [0.15, 0.2) is 66.7 Å². The van der Waals surface area contributed by atoms with Crippen molar-refractivity contribution >= 4 is 34.9 Å². The second-order valence-electron chi connectivity index (χ2n) is 8.38. The number of fused-ring (bicyclic) bond motifs is 1. The first-order chi connectivity index (χ1) is 15.9. The molecule has 5 nitrogen and oxygen atoms in total. The van der Waals surface area contributed by atoms with Crippen molar-refractivity contribution in [3.05, 3.63) is 87.9 Å². The molecule has 3 aromatic rings. The zero-order chi connectivity index (χ0) is 23.0. The summed E-state index contributed by atoms with van der Waals surface area (Å²) in [6.45, 7) is 0.965. The standard InChI is InChI=1S/C26H21Cl2NO4/c27-18-14-21-23(30)16-26(33-24(21)22(28)15-18)9-11-29(12-10-26)25(31)17-5-4-8-20(13-17)32-19-6-2-1-3-7-19/h1-8,13-15H,9-12,16H2. The zero-order valence-corrected chi connectivity index (χ0v) is 19.2. The first-order valence-corrected chi connectivity index (χ1v) is 11.5. The lowest BCUT2D eigenvalue weighted by Crippen LogP contribution is -2.52. The Balaban J connectivity index is 1.28. The van der Waals surface area contributed by atoms with Gasteiger partial charge >= 0.3 is 0 Å². The van der Waals surface area contributed by atoms with Crippen molar-refractivity contribution in [3.63, 3.8) is 0 Å². The lowest BCUT2D eigenvalue weighted by molar-refractivity contribution is -0.00566. The number of halogens is 2. The number of ether oxygens (including phenoxy) is 2. The van der Waals surface area contributed by atoms with Crippen molar-refractivity contribution in [2.24, 2.45) is 0 Å². The number of piperidine rings is 1. The number of nitrogens with zero attached hydrogens (tertiary/aromatic N) is 1. The average molecular weight is 482 g/mol. The highest BCUT2D eigenvalue weighted by molar-refractivity contribution is 6.36. The largest absolute Gasteiger partial charge is 0.484 e. The molecule has 0 N–H and O–H groups in total. The van der Waals surface area contributed by atoms with Gasteiger partial charge in [0.15, 0.2) is 5.78 Å². The number of Topliss-reactive ketones (excluding diaryl/α,β-unsaturated/α-hetero) is 1. The molecule has 3 aromatic carbocycles. The Labute approximate surface area is 201 Å². The predicted octanol–water partition coefficient (Wildman–Crippen LogP) is 6.43. The number of carbonyl (C=O) groups excluding carboxylic acids is 2. The van der Waals surface area contributed by atoms with Crippen LogP contribution in [0.3, 0.4) is 0 Å². The van der Waals surface area contributed by atoms with Crippen molar-refractivity contribution in [2.45, 2.75) is 24.9 Å². The molecule has 1 spiro atoms. The number of rotatable bonds is 3. The summed E-state index contributed by atoms with van der Waals surface area (Å²) in [6, 6.07) is 19.8. The Morgan fingerprint density at radius 1 is 0.939 bits per heavy atom. The van der Waals surface area contributed by atoms with E-state index in [1.165, 1.54) is 0 Å². The molecule has 1 saturated heterocycles. The topological polar surface area (TPSA) is 55.8 Å². The number of para-hydroxylation sites is 1. The fourth-order valence-electron chi connectivity index (χ4n) is 4.41. The van der Waals surface area contributed by atoms with Gasteiger partial charge in [0.1, 0.15) is 22.8 Å². The minimum absolute atomic E-state index is 0.0359. The monoisotopic (exact) mass is 481 g/mol. The summed E-state index contributed by atoms with van der Waals surface area (Å²) in [5, 5.41) is 0.740. The first-order valence-electron chi connectivity index (χ1n) is 10.8. The van der Waals surface area contributed by atoms with Crippen LogP contribution in [0.25, 0.3) is 0 Å². The number of likely N-dealkylation sites (tertiary alicyclic amines) is 1. The molecule has 0 radical (unpaired) electrons. The molecule has 168 valence electrons. The van der Waals surface area contributed by atoms with Gasteiger partial charge in [-0.1, -0.05) is 47.5 Å². The SMILES string of the molecule is O=C1CC2(CCN(C(=O)c3cccc(Oc4ccccc4)c3)CC2)Oc2c(Cl)cc(Cl)cc21. The van der Waals surface area contributed by atoms with Crippen molar-refractivity contribution in [1.29, 1.82) is 0 Å². The Kier molecular flexibility index (Phi) is 5.77. The van der Waals surface area contributed by atoms with Gasteiger partial charge in [0.05, 0.1) is 17.0 Å². The van der Waals surface area contributed by atoms with E-state index in [2.05, 4.69) is 0 Å². The Hall–Kier alpha value is -3.02. The number of hydrogen-bond acceptors (Lipinski definition) is 4. The molecule has 2 aliphatic rings. The van der Waals surface area contributed by atoms with E-state index in [0.717, 1.165) is 0 Å². The second-order valence-corrected chi connectivity index (χ2v) is 9.23. The van der Waals surface area contributed by atoms with Crippen LogP contribution in [0.4, 0.5) is 0 Å². The smallest absolute Gasteiger partial charge is 0.253 e. The Morgan fingerprint density at radius 3 is 2.42 bits per heavy atom. The summed E-state index contributed by atoms with van der Waals surface area (Å²) in [7, 11) is 0. The highest BCUT2D eigenvalue weighted by Crippen LogP contribution is 2.44. The third-order valence-electron chi connectivity index (χ3n) is 6.13. The third kappa shape index (κ3) is 4.43. The molecule has 2 heterocycles. The molecule has 0 atom stereocenters. The van der Waals surface area contributed by atoms with Gasteiger partial charge in [-0.2, -0.15) is 0 Å². The van der Waals surface area contributed by atoms with Gasteiger partial charge in [0.25, 0.3) is 5.91 Å². The first kappa shape index (κ1) is 21.8. The van der Waals surface area contributed by atoms with E-state index in [9.17, 15) is 9.59 Å². The van der Waals surface area contributed by atoms with E-state index in [-0.39, 0.29) is 18.1 Å². The van der Waals surface area contributed by atoms with Gasteiger partial charge < -0.3 is 14.4 Å². The number of hydrogen-bond donors (Lipinski definition) is 0. The van der Waals surface area contributed by atoms with E-state index in [0.29, 0.717) is 64.4 Å². The predicted molar refractivity (Wildman–Crippen MR) is 127 cm³/mol. The number of ketones is 1. The van der Waals surface area contributed by atoms with E-state index < -0.39 is 5.60 Å². The average Bonchev–Trinajstić information content (AvgIpc) is 2.81. The minimum Gasteiger partial charge on any atom is -0.484 e. The summed E-state index contributed by atoms with van der Waals surface area (Å²) in [5.74, 6) is 1.60. The van der Waals surface area contributed by atoms with E-state index >= 15 is 0 Å². The molecule has 0 unspecified atom stereocenters. The number of amides is 1. The highest BCUT2D eigenvalue weighted by atomic mass is 35.5. The molecular weight excluding hydrogens is 461 g/mol. The maximum absolute atomic E-state index is 13.2. The van der Waals surface area contributed by atoms with Gasteiger partial charge in [0.2, 0.25) is 0 Å². The van der Waals surface area contributed by atoms with Crippen LogP contribution in [-0.4, -0.2) is 35.3 Å². The molecule has 5 rings (SSSR count). The molecule has 7 heteroatoms. The fourth-order valence-corrected chi connectivity index (χ4v) is 4.94. The van der Waals surface area contributed by atoms with E-state index in [4.69, 9.17) is 32.7 Å². The van der Waals surface area contributed by atoms with Crippen LogP contribution in [0.2, 0.25) is 10.0 Å².